The van der Waals surface area contributed by atoms with E-state index in [1.165, 1.54) is 0 Å². The molecule has 2 aromatic rings. The van der Waals surface area contributed by atoms with Gasteiger partial charge in [-0.1, -0.05) is 6.92 Å². The van der Waals surface area contributed by atoms with E-state index in [0.717, 1.165) is 24.2 Å². The van der Waals surface area contributed by atoms with Crippen molar-refractivity contribution in [1.29, 1.82) is 0 Å². The number of likely N-dealkylation sites (N-methyl/N-ethyl adjacent to an activating group) is 1. The van der Waals surface area contributed by atoms with Gasteiger partial charge in [-0.15, -0.1) is 0 Å². The molecule has 2 aromatic heterocycles. The van der Waals surface area contributed by atoms with Gasteiger partial charge < -0.3 is 4.90 Å². The summed E-state index contributed by atoms with van der Waals surface area (Å²) in [6, 6.07) is 0. The standard InChI is InChI=1S/C12H19N5O/c1-5-9-10-11(16(4)14-9)12(18)17(8-13-10)7-6-15(2)3/h8H,5-7H2,1-4H3. The minimum atomic E-state index is -0.0171. The fraction of sp³-hybridized carbons (Fsp3) is 0.583. The molecule has 0 bridgehead atoms. The maximum atomic E-state index is 12.3. The predicted molar refractivity (Wildman–Crippen MR) is 70.7 cm³/mol. The molecule has 6 nitrogen and oxygen atoms in total. The average Bonchev–Trinajstić information content (AvgIpc) is 2.65. The van der Waals surface area contributed by atoms with E-state index in [0.29, 0.717) is 12.1 Å². The Labute approximate surface area is 106 Å². The first-order valence-electron chi connectivity index (χ1n) is 6.10. The van der Waals surface area contributed by atoms with Gasteiger partial charge in [0.15, 0.2) is 5.52 Å². The normalized spacial score (nSPS) is 11.6. The summed E-state index contributed by atoms with van der Waals surface area (Å²) in [4.78, 5) is 18.7. The molecule has 0 aliphatic heterocycles. The van der Waals surface area contributed by atoms with Crippen LogP contribution in [0.25, 0.3) is 11.0 Å². The van der Waals surface area contributed by atoms with Crippen LogP contribution in [0.1, 0.15) is 12.6 Å². The van der Waals surface area contributed by atoms with E-state index < -0.39 is 0 Å². The van der Waals surface area contributed by atoms with Crippen molar-refractivity contribution in [2.45, 2.75) is 19.9 Å². The molecule has 0 radical (unpaired) electrons. The highest BCUT2D eigenvalue weighted by Crippen LogP contribution is 2.11. The third-order valence-electron chi connectivity index (χ3n) is 3.00. The van der Waals surface area contributed by atoms with Crippen molar-refractivity contribution in [3.05, 3.63) is 22.4 Å². The van der Waals surface area contributed by atoms with Crippen LogP contribution in [0.3, 0.4) is 0 Å². The van der Waals surface area contributed by atoms with Crippen molar-refractivity contribution in [1.82, 2.24) is 24.2 Å². The van der Waals surface area contributed by atoms with Crippen molar-refractivity contribution in [2.24, 2.45) is 7.05 Å². The van der Waals surface area contributed by atoms with Crippen molar-refractivity contribution < 1.29 is 0 Å². The molecule has 0 spiro atoms. The van der Waals surface area contributed by atoms with Gasteiger partial charge in [0.2, 0.25) is 0 Å². The van der Waals surface area contributed by atoms with E-state index in [1.54, 1.807) is 22.6 Å². The van der Waals surface area contributed by atoms with Crippen LogP contribution >= 0.6 is 0 Å². The predicted octanol–water partition coefficient (Wildman–Crippen LogP) is 0.254. The second kappa shape index (κ2) is 4.89. The minimum Gasteiger partial charge on any atom is -0.308 e. The fourth-order valence-corrected chi connectivity index (χ4v) is 1.96. The van der Waals surface area contributed by atoms with Gasteiger partial charge in [0.1, 0.15) is 5.52 Å². The minimum absolute atomic E-state index is 0.0171. The van der Waals surface area contributed by atoms with Crippen molar-refractivity contribution in [3.63, 3.8) is 0 Å². The molecule has 0 amide bonds. The Kier molecular flexibility index (Phi) is 3.47. The van der Waals surface area contributed by atoms with Crippen LogP contribution in [0.15, 0.2) is 11.1 Å². The second-order valence-corrected chi connectivity index (χ2v) is 4.67. The molecular formula is C12H19N5O. The highest BCUT2D eigenvalue weighted by Gasteiger charge is 2.13. The van der Waals surface area contributed by atoms with Gasteiger partial charge in [-0.25, -0.2) is 4.98 Å². The largest absolute Gasteiger partial charge is 0.308 e. The average molecular weight is 249 g/mol. The fourth-order valence-electron chi connectivity index (χ4n) is 1.96. The molecule has 2 rings (SSSR count). The Morgan fingerprint density at radius 2 is 2.11 bits per heavy atom. The molecule has 0 saturated heterocycles. The zero-order chi connectivity index (χ0) is 13.3. The molecule has 2 heterocycles. The summed E-state index contributed by atoms with van der Waals surface area (Å²) in [7, 11) is 5.76. The second-order valence-electron chi connectivity index (χ2n) is 4.67. The topological polar surface area (TPSA) is 56.0 Å². The molecule has 0 N–H and O–H groups in total. The van der Waals surface area contributed by atoms with Gasteiger partial charge in [-0.2, -0.15) is 5.10 Å². The summed E-state index contributed by atoms with van der Waals surface area (Å²) < 4.78 is 3.28. The first-order chi connectivity index (χ1) is 8.54. The van der Waals surface area contributed by atoms with E-state index in [-0.39, 0.29) is 5.56 Å². The van der Waals surface area contributed by atoms with Crippen LogP contribution in [0, 0.1) is 0 Å². The van der Waals surface area contributed by atoms with Crippen LogP contribution in [0.2, 0.25) is 0 Å². The highest BCUT2D eigenvalue weighted by atomic mass is 16.1. The Hall–Kier alpha value is -1.69. The summed E-state index contributed by atoms with van der Waals surface area (Å²) in [6.45, 7) is 3.47. The van der Waals surface area contributed by atoms with E-state index in [1.807, 2.05) is 25.9 Å². The summed E-state index contributed by atoms with van der Waals surface area (Å²) >= 11 is 0. The molecule has 0 aliphatic carbocycles. The van der Waals surface area contributed by atoms with Gasteiger partial charge in [-0.05, 0) is 20.5 Å². The van der Waals surface area contributed by atoms with Gasteiger partial charge in [0.05, 0.1) is 12.0 Å². The van der Waals surface area contributed by atoms with E-state index in [2.05, 4.69) is 10.1 Å². The van der Waals surface area contributed by atoms with Crippen LogP contribution < -0.4 is 5.56 Å². The van der Waals surface area contributed by atoms with Crippen molar-refractivity contribution >= 4 is 11.0 Å². The molecule has 6 heteroatoms. The Morgan fingerprint density at radius 3 is 2.72 bits per heavy atom. The third-order valence-corrected chi connectivity index (χ3v) is 3.00. The molecule has 0 atom stereocenters. The number of aromatic nitrogens is 4. The Balaban J connectivity index is 2.51. The Bertz CT molecular complexity index is 611. The van der Waals surface area contributed by atoms with Crippen LogP contribution in [-0.2, 0) is 20.0 Å². The SMILES string of the molecule is CCc1nn(C)c2c(=O)n(CCN(C)C)cnc12. The Morgan fingerprint density at radius 1 is 1.39 bits per heavy atom. The lowest BCUT2D eigenvalue weighted by atomic mass is 10.3. The molecule has 0 fully saturated rings. The van der Waals surface area contributed by atoms with Crippen LogP contribution in [0.4, 0.5) is 0 Å². The number of hydrogen-bond donors (Lipinski definition) is 0. The van der Waals surface area contributed by atoms with Crippen molar-refractivity contribution in [2.75, 3.05) is 20.6 Å². The van der Waals surface area contributed by atoms with Gasteiger partial charge in [-0.3, -0.25) is 14.0 Å². The lowest BCUT2D eigenvalue weighted by Gasteiger charge is -2.10. The van der Waals surface area contributed by atoms with E-state index in [4.69, 9.17) is 0 Å². The molecular weight excluding hydrogens is 230 g/mol. The van der Waals surface area contributed by atoms with Crippen LogP contribution in [-0.4, -0.2) is 44.9 Å². The van der Waals surface area contributed by atoms with E-state index in [9.17, 15) is 4.79 Å². The van der Waals surface area contributed by atoms with Crippen LogP contribution in [0.5, 0.6) is 0 Å². The quantitative estimate of drug-likeness (QED) is 0.779. The van der Waals surface area contributed by atoms with Gasteiger partial charge >= 0.3 is 0 Å². The summed E-state index contributed by atoms with van der Waals surface area (Å²) in [5, 5.41) is 4.34. The first kappa shape index (κ1) is 12.8. The van der Waals surface area contributed by atoms with E-state index >= 15 is 0 Å². The lowest BCUT2D eigenvalue weighted by molar-refractivity contribution is 0.380. The number of aryl methyl sites for hydroxylation is 2. The summed E-state index contributed by atoms with van der Waals surface area (Å²) in [5.41, 5.74) is 2.18. The van der Waals surface area contributed by atoms with Crippen molar-refractivity contribution in [3.8, 4) is 0 Å². The number of rotatable bonds is 4. The molecule has 98 valence electrons. The highest BCUT2D eigenvalue weighted by molar-refractivity contribution is 5.76. The first-order valence-corrected chi connectivity index (χ1v) is 6.10. The molecule has 18 heavy (non-hydrogen) atoms. The van der Waals surface area contributed by atoms with Gasteiger partial charge in [0.25, 0.3) is 5.56 Å². The summed E-state index contributed by atoms with van der Waals surface area (Å²) in [6.07, 6.45) is 2.40. The maximum Gasteiger partial charge on any atom is 0.279 e. The lowest BCUT2D eigenvalue weighted by Crippen LogP contribution is -2.27. The monoisotopic (exact) mass is 249 g/mol. The molecule has 0 unspecified atom stereocenters. The zero-order valence-corrected chi connectivity index (χ0v) is 11.3. The zero-order valence-electron chi connectivity index (χ0n) is 11.3. The van der Waals surface area contributed by atoms with Gasteiger partial charge in [0, 0.05) is 20.1 Å². The molecule has 0 aromatic carbocycles. The number of fused-ring (bicyclic) bond motifs is 1. The molecule has 0 saturated carbocycles. The maximum absolute atomic E-state index is 12.3. The molecule has 0 aliphatic rings. The third kappa shape index (κ3) is 2.15. The number of hydrogen-bond acceptors (Lipinski definition) is 4. The number of nitrogens with zero attached hydrogens (tertiary/aromatic N) is 5. The summed E-state index contributed by atoms with van der Waals surface area (Å²) in [5.74, 6) is 0. The smallest absolute Gasteiger partial charge is 0.279 e.